The van der Waals surface area contributed by atoms with Crippen LogP contribution >= 0.6 is 0 Å². The molecule has 0 saturated heterocycles. The number of amides is 2. The van der Waals surface area contributed by atoms with Crippen molar-refractivity contribution in [1.82, 2.24) is 20.2 Å². The van der Waals surface area contributed by atoms with E-state index in [2.05, 4.69) is 15.3 Å². The van der Waals surface area contributed by atoms with Gasteiger partial charge in [0.05, 0.1) is 6.33 Å². The molecular weight excluding hydrogens is 232 g/mol. The number of nitrogens with one attached hydrogen (secondary N) is 2. The van der Waals surface area contributed by atoms with E-state index in [1.54, 1.807) is 14.1 Å². The van der Waals surface area contributed by atoms with E-state index in [0.29, 0.717) is 6.54 Å². The molecule has 1 heterocycles. The Morgan fingerprint density at radius 1 is 1.39 bits per heavy atom. The summed E-state index contributed by atoms with van der Waals surface area (Å²) in [5, 5.41) is 2.77. The van der Waals surface area contributed by atoms with Crippen LogP contribution in [-0.2, 0) is 0 Å². The Kier molecular flexibility index (Phi) is 4.11. The lowest BCUT2D eigenvalue weighted by atomic mass is 9.97. The van der Waals surface area contributed by atoms with Gasteiger partial charge < -0.3 is 15.2 Å². The number of rotatable bonds is 3. The number of hydrogen-bond donors (Lipinski definition) is 2. The quantitative estimate of drug-likeness (QED) is 0.838. The van der Waals surface area contributed by atoms with Crippen LogP contribution in [0.3, 0.4) is 0 Å². The fourth-order valence-electron chi connectivity index (χ4n) is 1.28. The van der Waals surface area contributed by atoms with Gasteiger partial charge in [0.15, 0.2) is 5.69 Å². The van der Waals surface area contributed by atoms with Crippen molar-refractivity contribution < 1.29 is 9.59 Å². The molecule has 0 aliphatic carbocycles. The maximum atomic E-state index is 11.9. The number of H-pyrrole nitrogens is 1. The van der Waals surface area contributed by atoms with Gasteiger partial charge in [-0.25, -0.2) is 4.98 Å². The average molecular weight is 252 g/mol. The van der Waals surface area contributed by atoms with Gasteiger partial charge in [-0.2, -0.15) is 0 Å². The molecule has 0 spiro atoms. The van der Waals surface area contributed by atoms with Crippen LogP contribution < -0.4 is 5.32 Å². The predicted octanol–water partition coefficient (Wildman–Crippen LogP) is 0.887. The molecule has 0 fully saturated rings. The molecular formula is C12H20N4O2. The fraction of sp³-hybridized carbons (Fsp3) is 0.583. The Morgan fingerprint density at radius 3 is 2.50 bits per heavy atom. The van der Waals surface area contributed by atoms with Crippen molar-refractivity contribution >= 4 is 11.8 Å². The highest BCUT2D eigenvalue weighted by Gasteiger charge is 2.22. The summed E-state index contributed by atoms with van der Waals surface area (Å²) in [4.78, 5) is 31.7. The third-order valence-corrected chi connectivity index (χ3v) is 2.25. The van der Waals surface area contributed by atoms with Crippen LogP contribution in [0, 0.1) is 5.41 Å². The number of carbonyl (C=O) groups excluding carboxylic acids is 2. The lowest BCUT2D eigenvalue weighted by Gasteiger charge is -2.18. The van der Waals surface area contributed by atoms with Crippen molar-refractivity contribution in [1.29, 1.82) is 0 Å². The summed E-state index contributed by atoms with van der Waals surface area (Å²) in [6.07, 6.45) is 1.35. The molecule has 0 aliphatic heterocycles. The van der Waals surface area contributed by atoms with E-state index in [0.717, 1.165) is 0 Å². The van der Waals surface area contributed by atoms with Gasteiger partial charge in [0.25, 0.3) is 11.8 Å². The average Bonchev–Trinajstić information content (AvgIpc) is 2.72. The molecule has 0 unspecified atom stereocenters. The SMILES string of the molecule is CN(C)C(=O)c1[nH]cnc1C(=O)NCC(C)(C)C. The zero-order valence-corrected chi connectivity index (χ0v) is 11.5. The molecule has 0 bridgehead atoms. The Hall–Kier alpha value is -1.85. The molecule has 1 rings (SSSR count). The third-order valence-electron chi connectivity index (χ3n) is 2.25. The Labute approximate surface area is 107 Å². The van der Waals surface area contributed by atoms with Gasteiger partial charge >= 0.3 is 0 Å². The topological polar surface area (TPSA) is 78.1 Å². The zero-order chi connectivity index (χ0) is 13.9. The molecule has 1 aromatic heterocycles. The minimum atomic E-state index is -0.337. The van der Waals surface area contributed by atoms with Crippen LogP contribution in [0.25, 0.3) is 0 Å². The Bertz CT molecular complexity index is 443. The van der Waals surface area contributed by atoms with E-state index in [9.17, 15) is 9.59 Å². The first kappa shape index (κ1) is 14.2. The highest BCUT2D eigenvalue weighted by molar-refractivity contribution is 6.04. The van der Waals surface area contributed by atoms with Gasteiger partial charge in [0, 0.05) is 20.6 Å². The second kappa shape index (κ2) is 5.20. The normalized spacial score (nSPS) is 11.2. The number of imidazole rings is 1. The van der Waals surface area contributed by atoms with E-state index in [1.165, 1.54) is 11.2 Å². The van der Waals surface area contributed by atoms with Gasteiger partial charge in [-0.3, -0.25) is 9.59 Å². The second-order valence-electron chi connectivity index (χ2n) is 5.57. The number of carbonyl (C=O) groups is 2. The molecule has 6 heteroatoms. The van der Waals surface area contributed by atoms with Gasteiger partial charge in [-0.05, 0) is 5.41 Å². The number of nitrogens with zero attached hydrogens (tertiary/aromatic N) is 2. The highest BCUT2D eigenvalue weighted by Crippen LogP contribution is 2.11. The summed E-state index contributed by atoms with van der Waals surface area (Å²) < 4.78 is 0. The Balaban J connectivity index is 2.82. The maximum absolute atomic E-state index is 11.9. The van der Waals surface area contributed by atoms with Gasteiger partial charge in [0.1, 0.15) is 5.69 Å². The van der Waals surface area contributed by atoms with Crippen LogP contribution in [0.1, 0.15) is 41.7 Å². The molecule has 1 aromatic rings. The van der Waals surface area contributed by atoms with Gasteiger partial charge in [-0.1, -0.05) is 20.8 Å². The van der Waals surface area contributed by atoms with Gasteiger partial charge in [0.2, 0.25) is 0 Å². The van der Waals surface area contributed by atoms with Crippen LogP contribution in [0.15, 0.2) is 6.33 Å². The van der Waals surface area contributed by atoms with Crippen molar-refractivity contribution in [2.75, 3.05) is 20.6 Å². The van der Waals surface area contributed by atoms with Crippen molar-refractivity contribution in [2.24, 2.45) is 5.41 Å². The predicted molar refractivity (Wildman–Crippen MR) is 68.4 cm³/mol. The largest absolute Gasteiger partial charge is 0.350 e. The van der Waals surface area contributed by atoms with Gasteiger partial charge in [-0.15, -0.1) is 0 Å². The summed E-state index contributed by atoms with van der Waals surface area (Å²) in [6.45, 7) is 6.57. The highest BCUT2D eigenvalue weighted by atomic mass is 16.2. The molecule has 6 nitrogen and oxygen atoms in total. The number of aromatic amines is 1. The van der Waals surface area contributed by atoms with Crippen LogP contribution in [0.4, 0.5) is 0 Å². The van der Waals surface area contributed by atoms with Crippen molar-refractivity contribution in [2.45, 2.75) is 20.8 Å². The zero-order valence-electron chi connectivity index (χ0n) is 11.5. The molecule has 0 radical (unpaired) electrons. The van der Waals surface area contributed by atoms with E-state index in [1.807, 2.05) is 20.8 Å². The van der Waals surface area contributed by atoms with E-state index in [4.69, 9.17) is 0 Å². The first-order valence-corrected chi connectivity index (χ1v) is 5.75. The second-order valence-corrected chi connectivity index (χ2v) is 5.57. The molecule has 18 heavy (non-hydrogen) atoms. The van der Waals surface area contributed by atoms with Crippen LogP contribution in [0.2, 0.25) is 0 Å². The number of hydrogen-bond acceptors (Lipinski definition) is 3. The standard InChI is InChI=1S/C12H20N4O2/c1-12(2,3)6-13-10(17)8-9(15-7-14-8)11(18)16(4)5/h7H,6H2,1-5H3,(H,13,17)(H,14,15). The van der Waals surface area contributed by atoms with E-state index in [-0.39, 0.29) is 28.6 Å². The molecule has 0 aromatic carbocycles. The molecule has 0 saturated carbocycles. The number of aromatic nitrogens is 2. The molecule has 2 N–H and O–H groups in total. The van der Waals surface area contributed by atoms with E-state index >= 15 is 0 Å². The summed E-state index contributed by atoms with van der Waals surface area (Å²) in [5.74, 6) is -0.607. The minimum Gasteiger partial charge on any atom is -0.350 e. The fourth-order valence-corrected chi connectivity index (χ4v) is 1.28. The summed E-state index contributed by atoms with van der Waals surface area (Å²) in [5.41, 5.74) is 0.335. The summed E-state index contributed by atoms with van der Waals surface area (Å²) in [7, 11) is 3.25. The van der Waals surface area contributed by atoms with Crippen molar-refractivity contribution in [3.05, 3.63) is 17.7 Å². The monoisotopic (exact) mass is 252 g/mol. The molecule has 0 aliphatic rings. The molecule has 0 atom stereocenters. The van der Waals surface area contributed by atoms with Crippen molar-refractivity contribution in [3.63, 3.8) is 0 Å². The maximum Gasteiger partial charge on any atom is 0.272 e. The van der Waals surface area contributed by atoms with E-state index < -0.39 is 0 Å². The van der Waals surface area contributed by atoms with Crippen LogP contribution in [0.5, 0.6) is 0 Å². The van der Waals surface area contributed by atoms with Crippen molar-refractivity contribution in [3.8, 4) is 0 Å². The first-order valence-electron chi connectivity index (χ1n) is 5.75. The first-order chi connectivity index (χ1) is 8.22. The summed E-state index contributed by atoms with van der Waals surface area (Å²) >= 11 is 0. The molecule has 2 amide bonds. The lowest BCUT2D eigenvalue weighted by molar-refractivity contribution is 0.0812. The van der Waals surface area contributed by atoms with Crippen LogP contribution in [-0.4, -0.2) is 47.3 Å². The Morgan fingerprint density at radius 2 is 2.00 bits per heavy atom. The lowest BCUT2D eigenvalue weighted by Crippen LogP contribution is -2.34. The third kappa shape index (κ3) is 3.58. The minimum absolute atomic E-state index is 0.0162. The smallest absolute Gasteiger partial charge is 0.272 e. The summed E-state index contributed by atoms with van der Waals surface area (Å²) in [6, 6.07) is 0. The molecule has 100 valence electrons.